The molecule has 2 fully saturated rings. The molecule has 1 aromatic rings. The van der Waals surface area contributed by atoms with E-state index in [4.69, 9.17) is 18.9 Å². The molecule has 4 unspecified atom stereocenters. The zero-order valence-electron chi connectivity index (χ0n) is 13.8. The maximum Gasteiger partial charge on any atom is 0.340 e. The topological polar surface area (TPSA) is 110 Å². The van der Waals surface area contributed by atoms with Crippen molar-refractivity contribution in [3.63, 3.8) is 0 Å². The van der Waals surface area contributed by atoms with Crippen molar-refractivity contribution in [2.75, 3.05) is 26.4 Å². The molecule has 1 aromatic heterocycles. The molecule has 2 aliphatic rings. The van der Waals surface area contributed by atoms with E-state index in [1.807, 2.05) is 0 Å². The van der Waals surface area contributed by atoms with Crippen molar-refractivity contribution in [3.05, 3.63) is 31.5 Å². The second-order valence-corrected chi connectivity index (χ2v) is 5.92. The van der Waals surface area contributed by atoms with Crippen LogP contribution in [0.1, 0.15) is 26.3 Å². The Morgan fingerprint density at radius 1 is 0.917 bits per heavy atom. The highest BCUT2D eigenvalue weighted by Crippen LogP contribution is 2.13. The smallest absolute Gasteiger partial charge is 0.340 e. The number of rotatable bonds is 8. The SMILES string of the molecule is CC(OCC1CO1)n1c(=O)n(C)c(=O)n(C(C)OCC2CO2)c1=O. The molecule has 2 saturated heterocycles. The molecule has 10 nitrogen and oxygen atoms in total. The molecule has 10 heteroatoms. The molecular formula is C14H21N3O7. The predicted octanol–water partition coefficient (Wildman–Crippen LogP) is -1.42. The van der Waals surface area contributed by atoms with E-state index in [-0.39, 0.29) is 25.4 Å². The van der Waals surface area contributed by atoms with E-state index in [2.05, 4.69) is 0 Å². The molecule has 0 N–H and O–H groups in total. The van der Waals surface area contributed by atoms with E-state index in [9.17, 15) is 14.4 Å². The number of epoxide rings is 2. The Hall–Kier alpha value is -1.75. The van der Waals surface area contributed by atoms with Gasteiger partial charge in [-0.25, -0.2) is 28.1 Å². The van der Waals surface area contributed by atoms with Gasteiger partial charge in [0.1, 0.15) is 24.7 Å². The summed E-state index contributed by atoms with van der Waals surface area (Å²) < 4.78 is 23.7. The molecule has 0 spiro atoms. The Kier molecular flexibility index (Phi) is 4.72. The standard InChI is InChI=1S/C14H21N3O7/c1-8(21-4-10-6-23-10)16-12(18)15(3)13(19)17(14(16)20)9(2)22-5-11-7-24-11/h8-11H,4-7H2,1-3H3. The molecule has 0 aliphatic carbocycles. The third-order valence-corrected chi connectivity index (χ3v) is 3.98. The number of aromatic nitrogens is 3. The van der Waals surface area contributed by atoms with Crippen LogP contribution in [0, 0.1) is 0 Å². The summed E-state index contributed by atoms with van der Waals surface area (Å²) in [7, 11) is 1.31. The van der Waals surface area contributed by atoms with E-state index < -0.39 is 29.5 Å². The Bertz CT molecular complexity index is 712. The fourth-order valence-electron chi connectivity index (χ4n) is 2.28. The summed E-state index contributed by atoms with van der Waals surface area (Å²) >= 11 is 0. The molecule has 0 bridgehead atoms. The van der Waals surface area contributed by atoms with Crippen LogP contribution in [0.15, 0.2) is 14.4 Å². The first kappa shape index (κ1) is 17.1. The van der Waals surface area contributed by atoms with E-state index in [0.29, 0.717) is 13.2 Å². The van der Waals surface area contributed by atoms with Crippen molar-refractivity contribution >= 4 is 0 Å². The van der Waals surface area contributed by atoms with Gasteiger partial charge in [0, 0.05) is 7.05 Å². The lowest BCUT2D eigenvalue weighted by Crippen LogP contribution is -2.55. The second kappa shape index (κ2) is 6.63. The minimum atomic E-state index is -0.828. The van der Waals surface area contributed by atoms with Gasteiger partial charge in [-0.1, -0.05) is 0 Å². The van der Waals surface area contributed by atoms with E-state index in [1.54, 1.807) is 13.8 Å². The average Bonchev–Trinajstić information content (AvgIpc) is 3.43. The molecule has 3 rings (SSSR count). The van der Waals surface area contributed by atoms with Gasteiger partial charge in [-0.3, -0.25) is 0 Å². The molecular weight excluding hydrogens is 322 g/mol. The summed E-state index contributed by atoms with van der Waals surface area (Å²) in [5.74, 6) is 0. The van der Waals surface area contributed by atoms with Crippen LogP contribution in [0.4, 0.5) is 0 Å². The Morgan fingerprint density at radius 3 is 1.62 bits per heavy atom. The summed E-state index contributed by atoms with van der Waals surface area (Å²) in [6.45, 7) is 4.91. The van der Waals surface area contributed by atoms with E-state index in [0.717, 1.165) is 13.7 Å². The predicted molar refractivity (Wildman–Crippen MR) is 81.0 cm³/mol. The van der Waals surface area contributed by atoms with E-state index >= 15 is 0 Å². The Labute approximate surface area is 137 Å². The molecule has 4 atom stereocenters. The summed E-state index contributed by atoms with van der Waals surface area (Å²) in [5, 5.41) is 0. The molecule has 24 heavy (non-hydrogen) atoms. The highest BCUT2D eigenvalue weighted by Gasteiger charge is 2.27. The lowest BCUT2D eigenvalue weighted by atomic mass is 10.5. The fourth-order valence-corrected chi connectivity index (χ4v) is 2.28. The molecule has 2 aliphatic heterocycles. The summed E-state index contributed by atoms with van der Waals surface area (Å²) in [5.41, 5.74) is -2.23. The summed E-state index contributed by atoms with van der Waals surface area (Å²) in [6, 6.07) is 0. The first-order valence-corrected chi connectivity index (χ1v) is 7.80. The number of hydrogen-bond donors (Lipinski definition) is 0. The maximum absolute atomic E-state index is 12.7. The van der Waals surface area contributed by atoms with Crippen molar-refractivity contribution in [2.24, 2.45) is 7.05 Å². The van der Waals surface area contributed by atoms with Crippen LogP contribution in [-0.2, 0) is 26.0 Å². The minimum Gasteiger partial charge on any atom is -0.371 e. The Morgan fingerprint density at radius 2 is 1.29 bits per heavy atom. The van der Waals surface area contributed by atoms with Crippen molar-refractivity contribution in [1.29, 1.82) is 0 Å². The summed E-state index contributed by atoms with van der Waals surface area (Å²) in [4.78, 5) is 37.3. The van der Waals surface area contributed by atoms with Crippen LogP contribution >= 0.6 is 0 Å². The van der Waals surface area contributed by atoms with Crippen LogP contribution in [0.5, 0.6) is 0 Å². The Balaban J connectivity index is 1.90. The monoisotopic (exact) mass is 343 g/mol. The highest BCUT2D eigenvalue weighted by atomic mass is 16.6. The lowest BCUT2D eigenvalue weighted by molar-refractivity contribution is -0.0173. The molecule has 0 saturated carbocycles. The van der Waals surface area contributed by atoms with Crippen molar-refractivity contribution in [2.45, 2.75) is 38.5 Å². The third kappa shape index (κ3) is 3.51. The maximum atomic E-state index is 12.7. The third-order valence-electron chi connectivity index (χ3n) is 3.98. The van der Waals surface area contributed by atoms with Gasteiger partial charge in [-0.05, 0) is 13.8 Å². The largest absolute Gasteiger partial charge is 0.371 e. The van der Waals surface area contributed by atoms with Crippen LogP contribution < -0.4 is 17.1 Å². The van der Waals surface area contributed by atoms with E-state index in [1.165, 1.54) is 7.05 Å². The zero-order chi connectivity index (χ0) is 17.4. The minimum absolute atomic E-state index is 0.00120. The van der Waals surface area contributed by atoms with Gasteiger partial charge in [0.2, 0.25) is 0 Å². The van der Waals surface area contributed by atoms with Crippen LogP contribution in [0.2, 0.25) is 0 Å². The molecule has 134 valence electrons. The molecule has 3 heterocycles. The van der Waals surface area contributed by atoms with Gasteiger partial charge in [0.15, 0.2) is 0 Å². The van der Waals surface area contributed by atoms with Crippen molar-refractivity contribution < 1.29 is 18.9 Å². The first-order chi connectivity index (χ1) is 11.4. The fraction of sp³-hybridized carbons (Fsp3) is 0.786. The first-order valence-electron chi connectivity index (χ1n) is 7.80. The molecule has 0 amide bonds. The van der Waals surface area contributed by atoms with Gasteiger partial charge in [0.05, 0.1) is 26.4 Å². The number of hydrogen-bond acceptors (Lipinski definition) is 7. The van der Waals surface area contributed by atoms with Crippen LogP contribution in [0.3, 0.4) is 0 Å². The van der Waals surface area contributed by atoms with Gasteiger partial charge in [-0.15, -0.1) is 0 Å². The van der Waals surface area contributed by atoms with Gasteiger partial charge >= 0.3 is 17.1 Å². The zero-order valence-corrected chi connectivity index (χ0v) is 13.8. The van der Waals surface area contributed by atoms with Crippen molar-refractivity contribution in [3.8, 4) is 0 Å². The normalized spacial score (nSPS) is 24.6. The number of ether oxygens (including phenoxy) is 4. The van der Waals surface area contributed by atoms with Crippen LogP contribution in [0.25, 0.3) is 0 Å². The van der Waals surface area contributed by atoms with Gasteiger partial charge in [0.25, 0.3) is 0 Å². The molecule has 0 radical (unpaired) electrons. The van der Waals surface area contributed by atoms with Gasteiger partial charge < -0.3 is 18.9 Å². The van der Waals surface area contributed by atoms with Gasteiger partial charge in [-0.2, -0.15) is 0 Å². The lowest BCUT2D eigenvalue weighted by Gasteiger charge is -2.20. The molecule has 0 aromatic carbocycles. The highest BCUT2D eigenvalue weighted by molar-refractivity contribution is 4.81. The number of nitrogens with zero attached hydrogens (tertiary/aromatic N) is 3. The van der Waals surface area contributed by atoms with Crippen LogP contribution in [-0.4, -0.2) is 52.3 Å². The second-order valence-electron chi connectivity index (χ2n) is 5.92. The van der Waals surface area contributed by atoms with Crippen molar-refractivity contribution in [1.82, 2.24) is 13.7 Å². The average molecular weight is 343 g/mol. The quantitative estimate of drug-likeness (QED) is 0.533. The summed E-state index contributed by atoms with van der Waals surface area (Å²) in [6.07, 6.45) is -1.66.